The van der Waals surface area contributed by atoms with Gasteiger partial charge in [0, 0.05) is 5.54 Å². The summed E-state index contributed by atoms with van der Waals surface area (Å²) in [6.07, 6.45) is 0. The maximum absolute atomic E-state index is 11.8. The molecule has 2 atom stereocenters. The van der Waals surface area contributed by atoms with Crippen molar-refractivity contribution < 1.29 is 19.5 Å². The van der Waals surface area contributed by atoms with Crippen LogP contribution in [0.1, 0.15) is 41.5 Å². The van der Waals surface area contributed by atoms with Crippen molar-refractivity contribution in [2.24, 2.45) is 5.92 Å². The lowest BCUT2D eigenvalue weighted by molar-refractivity contribution is -0.140. The normalized spacial score (nSPS) is 14.3. The molecule has 3 amide bonds. The Morgan fingerprint density at radius 3 is 1.85 bits per heavy atom. The van der Waals surface area contributed by atoms with E-state index in [0.717, 1.165) is 0 Å². The first-order valence-corrected chi connectivity index (χ1v) is 6.56. The van der Waals surface area contributed by atoms with E-state index in [4.69, 9.17) is 5.11 Å². The molecule has 0 bridgehead atoms. The van der Waals surface area contributed by atoms with Crippen LogP contribution in [-0.4, -0.2) is 40.6 Å². The molecule has 20 heavy (non-hydrogen) atoms. The average molecular weight is 287 g/mol. The summed E-state index contributed by atoms with van der Waals surface area (Å²) in [5.74, 6) is -1.69. The molecule has 7 heteroatoms. The number of hydrogen-bond donors (Lipinski definition) is 4. The molecule has 0 rings (SSSR count). The molecule has 0 heterocycles. The van der Waals surface area contributed by atoms with Crippen molar-refractivity contribution in [3.8, 4) is 0 Å². The highest BCUT2D eigenvalue weighted by Gasteiger charge is 2.25. The fourth-order valence-corrected chi connectivity index (χ4v) is 1.44. The highest BCUT2D eigenvalue weighted by molar-refractivity contribution is 5.88. The summed E-state index contributed by atoms with van der Waals surface area (Å²) < 4.78 is 0. The van der Waals surface area contributed by atoms with Crippen LogP contribution in [0.2, 0.25) is 0 Å². The van der Waals surface area contributed by atoms with Crippen molar-refractivity contribution in [3.05, 3.63) is 0 Å². The van der Waals surface area contributed by atoms with Gasteiger partial charge in [0.1, 0.15) is 12.1 Å². The first kappa shape index (κ1) is 18.2. The maximum Gasteiger partial charge on any atom is 0.326 e. The van der Waals surface area contributed by atoms with Gasteiger partial charge in [-0.15, -0.1) is 0 Å². The van der Waals surface area contributed by atoms with E-state index in [-0.39, 0.29) is 11.8 Å². The zero-order chi connectivity index (χ0) is 16.1. The fourth-order valence-electron chi connectivity index (χ4n) is 1.44. The van der Waals surface area contributed by atoms with Crippen LogP contribution in [0.3, 0.4) is 0 Å². The Balaban J connectivity index is 4.46. The molecule has 0 aromatic carbocycles. The predicted molar refractivity (Wildman–Crippen MR) is 75.3 cm³/mol. The molecule has 4 N–H and O–H groups in total. The summed E-state index contributed by atoms with van der Waals surface area (Å²) >= 11 is 0. The second kappa shape index (κ2) is 7.12. The number of carboxylic acids is 1. The molecular formula is C13H25N3O4. The van der Waals surface area contributed by atoms with Gasteiger partial charge in [-0.2, -0.15) is 0 Å². The van der Waals surface area contributed by atoms with E-state index in [2.05, 4.69) is 16.0 Å². The van der Waals surface area contributed by atoms with Crippen LogP contribution < -0.4 is 16.0 Å². The Labute approximate surface area is 119 Å². The summed E-state index contributed by atoms with van der Waals surface area (Å²) in [5, 5.41) is 16.4. The number of amides is 3. The van der Waals surface area contributed by atoms with Crippen molar-refractivity contribution in [2.45, 2.75) is 59.2 Å². The molecule has 0 saturated carbocycles. The number of hydrogen-bond acceptors (Lipinski definition) is 3. The van der Waals surface area contributed by atoms with Gasteiger partial charge in [-0.25, -0.2) is 9.59 Å². The van der Waals surface area contributed by atoms with Crippen molar-refractivity contribution >= 4 is 17.9 Å². The number of aliphatic carboxylic acids is 1. The number of nitrogens with one attached hydrogen (secondary N) is 3. The molecule has 0 aromatic heterocycles. The van der Waals surface area contributed by atoms with Gasteiger partial charge in [-0.3, -0.25) is 4.79 Å². The molecule has 0 fully saturated rings. The van der Waals surface area contributed by atoms with Crippen LogP contribution in [0.25, 0.3) is 0 Å². The van der Waals surface area contributed by atoms with Gasteiger partial charge in [-0.1, -0.05) is 13.8 Å². The molecule has 0 spiro atoms. The lowest BCUT2D eigenvalue weighted by Gasteiger charge is -2.24. The van der Waals surface area contributed by atoms with E-state index in [1.807, 2.05) is 20.8 Å². The Bertz CT molecular complexity index is 374. The molecule has 0 saturated heterocycles. The molecule has 0 aromatic rings. The topological polar surface area (TPSA) is 108 Å². The van der Waals surface area contributed by atoms with Crippen LogP contribution >= 0.6 is 0 Å². The lowest BCUT2D eigenvalue weighted by Crippen LogP contribution is -2.55. The minimum atomic E-state index is -1.11. The van der Waals surface area contributed by atoms with E-state index >= 15 is 0 Å². The largest absolute Gasteiger partial charge is 0.480 e. The third-order valence-corrected chi connectivity index (χ3v) is 2.46. The summed E-state index contributed by atoms with van der Waals surface area (Å²) in [4.78, 5) is 34.4. The monoisotopic (exact) mass is 287 g/mol. The maximum atomic E-state index is 11.8. The zero-order valence-corrected chi connectivity index (χ0v) is 12.9. The third kappa shape index (κ3) is 6.96. The SMILES string of the molecule is CC(NC(=O)N[C@H](C(=O)O)C(C)C)C(=O)NC(C)(C)C. The number of rotatable bonds is 5. The molecule has 7 nitrogen and oxygen atoms in total. The molecule has 1 unspecified atom stereocenters. The Hall–Kier alpha value is -1.79. The molecule has 0 aliphatic heterocycles. The summed E-state index contributed by atoms with van der Waals surface area (Å²) in [6.45, 7) is 10.4. The molecule has 116 valence electrons. The minimum absolute atomic E-state index is 0.253. The van der Waals surface area contributed by atoms with Gasteiger partial charge < -0.3 is 21.1 Å². The molecule has 0 aliphatic rings. The van der Waals surface area contributed by atoms with Crippen LogP contribution in [0, 0.1) is 5.92 Å². The van der Waals surface area contributed by atoms with Crippen molar-refractivity contribution in [1.82, 2.24) is 16.0 Å². The van der Waals surface area contributed by atoms with Gasteiger partial charge in [0.05, 0.1) is 0 Å². The van der Waals surface area contributed by atoms with Crippen LogP contribution in [0.15, 0.2) is 0 Å². The van der Waals surface area contributed by atoms with Gasteiger partial charge in [-0.05, 0) is 33.6 Å². The predicted octanol–water partition coefficient (Wildman–Crippen LogP) is 0.698. The van der Waals surface area contributed by atoms with Crippen LogP contribution in [0.4, 0.5) is 4.79 Å². The van der Waals surface area contributed by atoms with Gasteiger partial charge in [0.15, 0.2) is 0 Å². The average Bonchev–Trinajstić information content (AvgIpc) is 2.22. The highest BCUT2D eigenvalue weighted by atomic mass is 16.4. The zero-order valence-electron chi connectivity index (χ0n) is 12.9. The van der Waals surface area contributed by atoms with Crippen LogP contribution in [-0.2, 0) is 9.59 Å². The lowest BCUT2D eigenvalue weighted by atomic mass is 10.1. The Morgan fingerprint density at radius 2 is 1.50 bits per heavy atom. The van der Waals surface area contributed by atoms with E-state index in [1.54, 1.807) is 13.8 Å². The van der Waals surface area contributed by atoms with Crippen molar-refractivity contribution in [2.75, 3.05) is 0 Å². The van der Waals surface area contributed by atoms with E-state index in [0.29, 0.717) is 0 Å². The second-order valence-electron chi connectivity index (χ2n) is 6.14. The van der Waals surface area contributed by atoms with E-state index in [9.17, 15) is 14.4 Å². The molecule has 0 aliphatic carbocycles. The van der Waals surface area contributed by atoms with Gasteiger partial charge in [0.2, 0.25) is 5.91 Å². The molecular weight excluding hydrogens is 262 g/mol. The number of carboxylic acid groups (broad SMARTS) is 1. The third-order valence-electron chi connectivity index (χ3n) is 2.46. The Kier molecular flexibility index (Phi) is 6.48. The van der Waals surface area contributed by atoms with E-state index < -0.39 is 29.6 Å². The van der Waals surface area contributed by atoms with E-state index in [1.165, 1.54) is 6.92 Å². The van der Waals surface area contributed by atoms with Gasteiger partial charge in [0.25, 0.3) is 0 Å². The summed E-state index contributed by atoms with van der Waals surface area (Å²) in [5.41, 5.74) is -0.398. The first-order valence-electron chi connectivity index (χ1n) is 6.56. The first-order chi connectivity index (χ1) is 8.94. The van der Waals surface area contributed by atoms with Gasteiger partial charge >= 0.3 is 12.0 Å². The number of urea groups is 1. The standard InChI is InChI=1S/C13H25N3O4/c1-7(2)9(11(18)19)15-12(20)14-8(3)10(17)16-13(4,5)6/h7-9H,1-6H3,(H,16,17)(H,18,19)(H2,14,15,20)/t8?,9-/m0/s1. The number of carbonyl (C=O) groups excluding carboxylic acids is 2. The van der Waals surface area contributed by atoms with Crippen molar-refractivity contribution in [3.63, 3.8) is 0 Å². The summed E-state index contributed by atoms with van der Waals surface area (Å²) in [6, 6.07) is -2.42. The smallest absolute Gasteiger partial charge is 0.326 e. The highest BCUT2D eigenvalue weighted by Crippen LogP contribution is 2.02. The van der Waals surface area contributed by atoms with Crippen molar-refractivity contribution in [1.29, 1.82) is 0 Å². The molecule has 0 radical (unpaired) electrons. The fraction of sp³-hybridized carbons (Fsp3) is 0.769. The van der Waals surface area contributed by atoms with Crippen LogP contribution in [0.5, 0.6) is 0 Å². The quantitative estimate of drug-likeness (QED) is 0.597. The Morgan fingerprint density at radius 1 is 1.00 bits per heavy atom. The summed E-state index contributed by atoms with van der Waals surface area (Å²) in [7, 11) is 0. The number of carbonyl (C=O) groups is 3. The minimum Gasteiger partial charge on any atom is -0.480 e. The second-order valence-corrected chi connectivity index (χ2v) is 6.14.